The van der Waals surface area contributed by atoms with Gasteiger partial charge in [0.05, 0.1) is 5.92 Å². The second-order valence-electron chi connectivity index (χ2n) is 7.24. The molecule has 0 aliphatic heterocycles. The molecule has 0 spiro atoms. The molecule has 6 nitrogen and oxygen atoms in total. The minimum Gasteiger partial charge on any atom is -0.406 e. The molecule has 3 rings (SSSR count). The predicted octanol–water partition coefficient (Wildman–Crippen LogP) is 5.03. The highest BCUT2D eigenvalue weighted by Crippen LogP contribution is 2.31. The number of hydrogen-bond donors (Lipinski definition) is 0. The van der Waals surface area contributed by atoms with Crippen molar-refractivity contribution in [2.24, 2.45) is 5.92 Å². The number of ether oxygens (including phenoxy) is 1. The molecule has 0 radical (unpaired) electrons. The normalized spacial score (nSPS) is 16.9. The van der Waals surface area contributed by atoms with Crippen LogP contribution in [0, 0.1) is 5.92 Å². The molecule has 10 heteroatoms. The van der Waals surface area contributed by atoms with Gasteiger partial charge in [0.2, 0.25) is 11.7 Å². The molecule has 0 fully saturated rings. The van der Waals surface area contributed by atoms with Crippen LogP contribution >= 0.6 is 11.6 Å². The van der Waals surface area contributed by atoms with E-state index < -0.39 is 11.9 Å². The molecule has 1 atom stereocenters. The fourth-order valence-electron chi connectivity index (χ4n) is 2.84. The number of rotatable bonds is 5. The average Bonchev–Trinajstić information content (AvgIpc) is 3.18. The molecule has 0 saturated heterocycles. The smallest absolute Gasteiger partial charge is 0.406 e. The maximum absolute atomic E-state index is 12.9. The summed E-state index contributed by atoms with van der Waals surface area (Å²) in [4.78, 5) is 18.7. The molecule has 1 aliphatic rings. The second kappa shape index (κ2) is 8.14. The Balaban J connectivity index is 1.75. The van der Waals surface area contributed by atoms with Crippen molar-refractivity contribution in [1.29, 1.82) is 0 Å². The molecule has 0 N–H and O–H groups in total. The molecule has 1 amide bonds. The number of amides is 1. The van der Waals surface area contributed by atoms with Crippen LogP contribution in [0.4, 0.5) is 13.2 Å². The van der Waals surface area contributed by atoms with Gasteiger partial charge in [-0.3, -0.25) is 4.79 Å². The largest absolute Gasteiger partial charge is 0.573 e. The number of nitrogens with zero attached hydrogens (tertiary/aromatic N) is 3. The summed E-state index contributed by atoms with van der Waals surface area (Å²) < 4.78 is 46.1. The molecule has 1 aromatic carbocycles. The SMILES string of the molecule is CN(C(=O)C1C=CC(Cl)=CC1)C(C)(C)c1nc(-c2ccc(OC(F)(F)F)cc2)no1. The number of aromatic nitrogens is 2. The Hall–Kier alpha value is -2.81. The zero-order chi connectivity index (χ0) is 22.1. The fraction of sp³-hybridized carbons (Fsp3) is 0.350. The first-order valence-corrected chi connectivity index (χ1v) is 9.37. The summed E-state index contributed by atoms with van der Waals surface area (Å²) in [6.45, 7) is 3.52. The number of allylic oxidation sites excluding steroid dienone is 3. The average molecular weight is 442 g/mol. The molecule has 1 unspecified atom stereocenters. The van der Waals surface area contributed by atoms with Gasteiger partial charge in [-0.25, -0.2) is 0 Å². The standard InChI is InChI=1S/C20H19ClF3N3O3/c1-19(2,27(3)17(28)13-4-8-14(21)9-5-13)18-25-16(26-30-18)12-6-10-15(11-7-12)29-20(22,23)24/h4,6-11,13H,5H2,1-3H3. The zero-order valence-corrected chi connectivity index (χ0v) is 17.2. The lowest BCUT2D eigenvalue weighted by atomic mass is 9.95. The van der Waals surface area contributed by atoms with Gasteiger partial charge in [-0.2, -0.15) is 4.98 Å². The van der Waals surface area contributed by atoms with E-state index in [0.717, 1.165) is 12.1 Å². The first kappa shape index (κ1) is 21.9. The van der Waals surface area contributed by atoms with Crippen LogP contribution in [-0.4, -0.2) is 34.4 Å². The Bertz CT molecular complexity index is 981. The number of benzene rings is 1. The van der Waals surface area contributed by atoms with Gasteiger partial charge < -0.3 is 14.2 Å². The van der Waals surface area contributed by atoms with Crippen molar-refractivity contribution >= 4 is 17.5 Å². The second-order valence-corrected chi connectivity index (χ2v) is 7.68. The Morgan fingerprint density at radius 3 is 2.50 bits per heavy atom. The van der Waals surface area contributed by atoms with Crippen molar-refractivity contribution in [3.05, 3.63) is 53.4 Å². The highest BCUT2D eigenvalue weighted by molar-refractivity contribution is 6.31. The van der Waals surface area contributed by atoms with Crippen LogP contribution in [0.5, 0.6) is 5.75 Å². The summed E-state index contributed by atoms with van der Waals surface area (Å²) in [6.07, 6.45) is 0.945. The summed E-state index contributed by atoms with van der Waals surface area (Å²) in [5, 5.41) is 4.48. The van der Waals surface area contributed by atoms with Crippen LogP contribution < -0.4 is 4.74 Å². The van der Waals surface area contributed by atoms with Gasteiger partial charge in [0.1, 0.15) is 11.3 Å². The molecular weight excluding hydrogens is 423 g/mol. The summed E-state index contributed by atoms with van der Waals surface area (Å²) in [7, 11) is 1.64. The van der Waals surface area contributed by atoms with Gasteiger partial charge in [-0.1, -0.05) is 28.9 Å². The first-order chi connectivity index (χ1) is 14.0. The lowest BCUT2D eigenvalue weighted by Gasteiger charge is -2.34. The third kappa shape index (κ3) is 4.84. The minimum atomic E-state index is -4.77. The quantitative estimate of drug-likeness (QED) is 0.651. The topological polar surface area (TPSA) is 68.5 Å². The number of halogens is 4. The summed E-state index contributed by atoms with van der Waals surface area (Å²) in [6, 6.07) is 5.10. The van der Waals surface area contributed by atoms with Crippen molar-refractivity contribution in [2.45, 2.75) is 32.2 Å². The third-order valence-corrected chi connectivity index (χ3v) is 5.12. The van der Waals surface area contributed by atoms with Crippen LogP contribution in [0.15, 0.2) is 52.0 Å². The predicted molar refractivity (Wildman–Crippen MR) is 103 cm³/mol. The Morgan fingerprint density at radius 1 is 1.27 bits per heavy atom. The van der Waals surface area contributed by atoms with Crippen LogP contribution in [0.2, 0.25) is 0 Å². The molecule has 2 aromatic rings. The molecular formula is C20H19ClF3N3O3. The van der Waals surface area contributed by atoms with Gasteiger partial charge in [-0.15, -0.1) is 13.2 Å². The van der Waals surface area contributed by atoms with Crippen molar-refractivity contribution in [1.82, 2.24) is 15.0 Å². The summed E-state index contributed by atoms with van der Waals surface area (Å²) in [5.41, 5.74) is -0.472. The van der Waals surface area contributed by atoms with Crippen LogP contribution in [0.1, 0.15) is 26.2 Å². The zero-order valence-electron chi connectivity index (χ0n) is 16.4. The Kier molecular flexibility index (Phi) is 5.94. The van der Waals surface area contributed by atoms with E-state index in [4.69, 9.17) is 16.1 Å². The molecule has 0 saturated carbocycles. The highest BCUT2D eigenvalue weighted by atomic mass is 35.5. The maximum atomic E-state index is 12.9. The van der Waals surface area contributed by atoms with Gasteiger partial charge in [0, 0.05) is 17.6 Å². The van der Waals surface area contributed by atoms with E-state index in [0.29, 0.717) is 17.0 Å². The minimum absolute atomic E-state index is 0.134. The van der Waals surface area contributed by atoms with Gasteiger partial charge in [0.25, 0.3) is 5.89 Å². The van der Waals surface area contributed by atoms with Crippen molar-refractivity contribution < 1.29 is 27.2 Å². The van der Waals surface area contributed by atoms with Crippen molar-refractivity contribution in [3.63, 3.8) is 0 Å². The Labute approximate surface area is 176 Å². The molecule has 160 valence electrons. The van der Waals surface area contributed by atoms with E-state index >= 15 is 0 Å². The summed E-state index contributed by atoms with van der Waals surface area (Å²) in [5.74, 6) is -0.456. The molecule has 1 aromatic heterocycles. The van der Waals surface area contributed by atoms with E-state index in [1.165, 1.54) is 17.0 Å². The number of hydrogen-bond acceptors (Lipinski definition) is 5. The monoisotopic (exact) mass is 441 g/mol. The van der Waals surface area contributed by atoms with Crippen molar-refractivity contribution in [3.8, 4) is 17.1 Å². The fourth-order valence-corrected chi connectivity index (χ4v) is 3.00. The van der Waals surface area contributed by atoms with E-state index in [-0.39, 0.29) is 29.3 Å². The van der Waals surface area contributed by atoms with E-state index in [2.05, 4.69) is 14.9 Å². The molecule has 1 heterocycles. The van der Waals surface area contributed by atoms with Crippen molar-refractivity contribution in [2.75, 3.05) is 7.05 Å². The number of carbonyl (C=O) groups excluding carboxylic acids is 1. The lowest BCUT2D eigenvalue weighted by molar-refractivity contribution is -0.274. The highest BCUT2D eigenvalue weighted by Gasteiger charge is 2.37. The Morgan fingerprint density at radius 2 is 1.93 bits per heavy atom. The molecule has 0 bridgehead atoms. The number of carbonyl (C=O) groups is 1. The van der Waals surface area contributed by atoms with Crippen LogP contribution in [0.3, 0.4) is 0 Å². The van der Waals surface area contributed by atoms with Crippen LogP contribution in [-0.2, 0) is 10.3 Å². The van der Waals surface area contributed by atoms with E-state index in [1.54, 1.807) is 39.1 Å². The van der Waals surface area contributed by atoms with Gasteiger partial charge in [-0.05, 0) is 50.6 Å². The van der Waals surface area contributed by atoms with Gasteiger partial charge in [0.15, 0.2) is 0 Å². The van der Waals surface area contributed by atoms with E-state index in [9.17, 15) is 18.0 Å². The lowest BCUT2D eigenvalue weighted by Crippen LogP contribution is -2.45. The van der Waals surface area contributed by atoms with Crippen LogP contribution in [0.25, 0.3) is 11.4 Å². The molecule has 30 heavy (non-hydrogen) atoms. The van der Waals surface area contributed by atoms with Gasteiger partial charge >= 0.3 is 6.36 Å². The summed E-state index contributed by atoms with van der Waals surface area (Å²) >= 11 is 5.91. The number of alkyl halides is 3. The van der Waals surface area contributed by atoms with E-state index in [1.807, 2.05) is 0 Å². The third-order valence-electron chi connectivity index (χ3n) is 4.84. The maximum Gasteiger partial charge on any atom is 0.573 e. The molecule has 1 aliphatic carbocycles. The first-order valence-electron chi connectivity index (χ1n) is 8.99.